The summed E-state index contributed by atoms with van der Waals surface area (Å²) in [5, 5.41) is 0. The lowest BCUT2D eigenvalue weighted by atomic mass is 9.78. The molecule has 102 valence electrons. The fourth-order valence-electron chi connectivity index (χ4n) is 3.86. The number of hydrogen-bond donors (Lipinski definition) is 1. The first-order valence-corrected chi connectivity index (χ1v) is 7.83. The van der Waals surface area contributed by atoms with Crippen molar-refractivity contribution in [1.82, 2.24) is 0 Å². The minimum absolute atomic E-state index is 0.522. The quantitative estimate of drug-likeness (QED) is 0.837. The van der Waals surface area contributed by atoms with Gasteiger partial charge in [-0.1, -0.05) is 37.2 Å². The van der Waals surface area contributed by atoms with Crippen LogP contribution in [0.2, 0.25) is 0 Å². The van der Waals surface area contributed by atoms with Crippen LogP contribution in [0, 0.1) is 5.92 Å². The van der Waals surface area contributed by atoms with Gasteiger partial charge in [-0.05, 0) is 43.7 Å². The Hall–Kier alpha value is -1.09. The van der Waals surface area contributed by atoms with E-state index >= 15 is 0 Å². The first kappa shape index (κ1) is 12.9. The molecule has 1 aromatic carbocycles. The van der Waals surface area contributed by atoms with Crippen molar-refractivity contribution in [3.63, 3.8) is 0 Å². The molecular formula is C16H22N2S. The van der Waals surface area contributed by atoms with Crippen LogP contribution in [0.3, 0.4) is 0 Å². The van der Waals surface area contributed by atoms with Gasteiger partial charge in [0.05, 0.1) is 0 Å². The molecule has 1 aliphatic carbocycles. The average Bonchev–Trinajstić information content (AvgIpc) is 2.46. The molecule has 1 saturated heterocycles. The summed E-state index contributed by atoms with van der Waals surface area (Å²) in [6.07, 6.45) is 8.20. The van der Waals surface area contributed by atoms with E-state index in [2.05, 4.69) is 23.1 Å². The van der Waals surface area contributed by atoms with Crippen molar-refractivity contribution in [2.75, 3.05) is 11.4 Å². The number of anilines is 1. The summed E-state index contributed by atoms with van der Waals surface area (Å²) in [5.74, 6) is 0.877. The zero-order valence-electron chi connectivity index (χ0n) is 11.3. The lowest BCUT2D eigenvalue weighted by molar-refractivity contribution is 0.244. The van der Waals surface area contributed by atoms with Crippen molar-refractivity contribution in [2.24, 2.45) is 11.7 Å². The Morgan fingerprint density at radius 1 is 1.11 bits per heavy atom. The second-order valence-electron chi connectivity index (χ2n) is 5.83. The van der Waals surface area contributed by atoms with Gasteiger partial charge in [-0.2, -0.15) is 0 Å². The van der Waals surface area contributed by atoms with Crippen LogP contribution >= 0.6 is 12.2 Å². The molecule has 2 N–H and O–H groups in total. The number of fused-ring (bicyclic) bond motifs is 1. The minimum Gasteiger partial charge on any atom is -0.389 e. The molecule has 0 amide bonds. The fourth-order valence-corrected chi connectivity index (χ4v) is 4.03. The van der Waals surface area contributed by atoms with Crippen LogP contribution in [0.4, 0.5) is 5.69 Å². The summed E-state index contributed by atoms with van der Waals surface area (Å²) in [6, 6.07) is 9.08. The topological polar surface area (TPSA) is 29.3 Å². The van der Waals surface area contributed by atoms with Gasteiger partial charge in [0.1, 0.15) is 4.99 Å². The Kier molecular flexibility index (Phi) is 3.74. The predicted molar refractivity (Wildman–Crippen MR) is 84.7 cm³/mol. The highest BCUT2D eigenvalue weighted by Crippen LogP contribution is 2.38. The maximum absolute atomic E-state index is 5.89. The third kappa shape index (κ3) is 2.48. The number of hydrogen-bond acceptors (Lipinski definition) is 2. The normalized spacial score (nSPS) is 26.8. The minimum atomic E-state index is 0.522. The molecule has 2 nitrogen and oxygen atoms in total. The van der Waals surface area contributed by atoms with E-state index in [4.69, 9.17) is 18.0 Å². The largest absolute Gasteiger partial charge is 0.389 e. The summed E-state index contributed by atoms with van der Waals surface area (Å²) in [6.45, 7) is 1.15. The van der Waals surface area contributed by atoms with E-state index in [1.807, 2.05) is 6.07 Å². The number of rotatable bonds is 2. The molecule has 19 heavy (non-hydrogen) atoms. The first-order valence-electron chi connectivity index (χ1n) is 7.43. The van der Waals surface area contributed by atoms with Crippen LogP contribution in [0.5, 0.6) is 0 Å². The van der Waals surface area contributed by atoms with Crippen molar-refractivity contribution < 1.29 is 0 Å². The van der Waals surface area contributed by atoms with E-state index in [9.17, 15) is 0 Å². The summed E-state index contributed by atoms with van der Waals surface area (Å²) in [5.41, 5.74) is 8.20. The molecule has 3 heteroatoms. The van der Waals surface area contributed by atoms with Crippen LogP contribution in [0.1, 0.15) is 44.1 Å². The van der Waals surface area contributed by atoms with Crippen molar-refractivity contribution in [3.05, 3.63) is 29.8 Å². The number of nitrogens with two attached hydrogens (primary N) is 1. The third-order valence-electron chi connectivity index (χ3n) is 4.72. The summed E-state index contributed by atoms with van der Waals surface area (Å²) in [4.78, 5) is 3.11. The predicted octanol–water partition coefficient (Wildman–Crippen LogP) is 3.48. The smallest absolute Gasteiger partial charge is 0.106 e. The van der Waals surface area contributed by atoms with Gasteiger partial charge in [-0.3, -0.25) is 0 Å². The van der Waals surface area contributed by atoms with E-state index in [-0.39, 0.29) is 0 Å². The highest BCUT2D eigenvalue weighted by molar-refractivity contribution is 7.80. The van der Waals surface area contributed by atoms with Crippen LogP contribution in [-0.2, 0) is 0 Å². The fraction of sp³-hybridized carbons (Fsp3) is 0.562. The van der Waals surface area contributed by atoms with Crippen LogP contribution < -0.4 is 10.6 Å². The van der Waals surface area contributed by atoms with Gasteiger partial charge in [-0.15, -0.1) is 0 Å². The molecule has 2 atom stereocenters. The lowest BCUT2D eigenvalue weighted by Gasteiger charge is -2.46. The Morgan fingerprint density at radius 3 is 2.68 bits per heavy atom. The highest BCUT2D eigenvalue weighted by atomic mass is 32.1. The van der Waals surface area contributed by atoms with Crippen molar-refractivity contribution in [1.29, 1.82) is 0 Å². The Bertz CT molecular complexity index is 470. The standard InChI is InChI=1S/C16H22N2S/c17-16(19)13-8-2-4-10-15(13)18-11-5-7-12-6-1-3-9-14(12)18/h2,4,8,10,12,14H,1,3,5-7,9,11H2,(H2,17,19). The van der Waals surface area contributed by atoms with Gasteiger partial charge in [0, 0.05) is 23.8 Å². The van der Waals surface area contributed by atoms with E-state index in [0.717, 1.165) is 18.0 Å². The van der Waals surface area contributed by atoms with Crippen molar-refractivity contribution >= 4 is 22.9 Å². The molecule has 1 saturated carbocycles. The van der Waals surface area contributed by atoms with Gasteiger partial charge < -0.3 is 10.6 Å². The van der Waals surface area contributed by atoms with E-state index in [1.54, 1.807) is 0 Å². The van der Waals surface area contributed by atoms with Crippen LogP contribution in [0.25, 0.3) is 0 Å². The maximum Gasteiger partial charge on any atom is 0.106 e. The highest BCUT2D eigenvalue weighted by Gasteiger charge is 2.34. The van der Waals surface area contributed by atoms with E-state index < -0.39 is 0 Å². The average molecular weight is 274 g/mol. The van der Waals surface area contributed by atoms with Crippen molar-refractivity contribution in [2.45, 2.75) is 44.6 Å². The molecule has 0 radical (unpaired) electrons. The van der Waals surface area contributed by atoms with Crippen LogP contribution in [-0.4, -0.2) is 17.6 Å². The number of thiocarbonyl (C=S) groups is 1. The van der Waals surface area contributed by atoms with E-state index in [1.165, 1.54) is 44.2 Å². The second-order valence-corrected chi connectivity index (χ2v) is 6.27. The van der Waals surface area contributed by atoms with Gasteiger partial charge >= 0.3 is 0 Å². The summed E-state index contributed by atoms with van der Waals surface area (Å²) in [7, 11) is 0. The molecule has 2 aliphatic rings. The number of piperidine rings is 1. The second kappa shape index (κ2) is 5.49. The lowest BCUT2D eigenvalue weighted by Crippen LogP contribution is -2.47. The first-order chi connectivity index (χ1) is 9.27. The molecule has 0 bridgehead atoms. The molecular weight excluding hydrogens is 252 g/mol. The molecule has 0 aromatic heterocycles. The Morgan fingerprint density at radius 2 is 1.84 bits per heavy atom. The van der Waals surface area contributed by atoms with E-state index in [0.29, 0.717) is 11.0 Å². The monoisotopic (exact) mass is 274 g/mol. The summed E-state index contributed by atoms with van der Waals surface area (Å²) < 4.78 is 0. The molecule has 3 rings (SSSR count). The molecule has 1 aliphatic heterocycles. The molecule has 2 fully saturated rings. The number of para-hydroxylation sites is 1. The molecule has 0 spiro atoms. The third-order valence-corrected chi connectivity index (χ3v) is 4.94. The Labute approximate surface area is 121 Å². The van der Waals surface area contributed by atoms with Gasteiger partial charge in [0.25, 0.3) is 0 Å². The van der Waals surface area contributed by atoms with Crippen molar-refractivity contribution in [3.8, 4) is 0 Å². The number of nitrogens with zero attached hydrogens (tertiary/aromatic N) is 1. The van der Waals surface area contributed by atoms with Gasteiger partial charge in [0.15, 0.2) is 0 Å². The van der Waals surface area contributed by atoms with Gasteiger partial charge in [-0.25, -0.2) is 0 Å². The SMILES string of the molecule is NC(=S)c1ccccc1N1CCCC2CCCCC21. The van der Waals surface area contributed by atoms with Crippen LogP contribution in [0.15, 0.2) is 24.3 Å². The molecule has 1 heterocycles. The van der Waals surface area contributed by atoms with Gasteiger partial charge in [0.2, 0.25) is 0 Å². The maximum atomic E-state index is 5.89. The zero-order valence-corrected chi connectivity index (χ0v) is 12.2. The zero-order chi connectivity index (χ0) is 13.2. The number of benzene rings is 1. The molecule has 2 unspecified atom stereocenters. The summed E-state index contributed by atoms with van der Waals surface area (Å²) >= 11 is 5.22. The molecule has 1 aromatic rings. The Balaban J connectivity index is 1.94.